The van der Waals surface area contributed by atoms with Gasteiger partial charge in [-0.2, -0.15) is 0 Å². The summed E-state index contributed by atoms with van der Waals surface area (Å²) in [6.45, 7) is 3.36. The van der Waals surface area contributed by atoms with E-state index in [2.05, 4.69) is 28.5 Å². The fourth-order valence-electron chi connectivity index (χ4n) is 1.96. The molecule has 0 aliphatic rings. The number of pyridine rings is 1. The minimum atomic E-state index is 0.632. The molecule has 4 nitrogen and oxygen atoms in total. The molecule has 0 atom stereocenters. The lowest BCUT2D eigenvalue weighted by Crippen LogP contribution is -2.04. The molecule has 4 heteroatoms. The molecule has 0 saturated carbocycles. The molecular weight excluding hydrogens is 238 g/mol. The lowest BCUT2D eigenvalue weighted by molar-refractivity contribution is 0.185. The van der Waals surface area contributed by atoms with Crippen molar-refractivity contribution in [2.75, 3.05) is 18.2 Å². The van der Waals surface area contributed by atoms with Crippen LogP contribution in [0.4, 0.5) is 11.5 Å². The number of hydrogen-bond donors (Lipinski definition) is 2. The molecule has 1 aromatic heterocycles. The lowest BCUT2D eigenvalue weighted by Gasteiger charge is -2.10. The predicted octanol–water partition coefficient (Wildman–Crippen LogP) is 2.73. The highest BCUT2D eigenvalue weighted by molar-refractivity contribution is 5.51. The molecule has 2 aromatic rings. The number of nitrogens with one attached hydrogen (secondary N) is 1. The third-order valence-electron chi connectivity index (χ3n) is 2.86. The van der Waals surface area contributed by atoms with Crippen molar-refractivity contribution >= 4 is 11.5 Å². The van der Waals surface area contributed by atoms with Crippen LogP contribution in [0.15, 0.2) is 36.5 Å². The van der Waals surface area contributed by atoms with E-state index in [9.17, 15) is 0 Å². The summed E-state index contributed by atoms with van der Waals surface area (Å²) in [6.07, 6.45) is 1.66. The highest BCUT2D eigenvalue weighted by Gasteiger charge is 2.01. The van der Waals surface area contributed by atoms with Gasteiger partial charge in [0.25, 0.3) is 0 Å². The fraction of sp³-hybridized carbons (Fsp3) is 0.267. The first-order valence-electron chi connectivity index (χ1n) is 6.22. The van der Waals surface area contributed by atoms with Crippen LogP contribution < -0.4 is 11.1 Å². The lowest BCUT2D eigenvalue weighted by atomic mass is 10.1. The molecule has 1 heterocycles. The highest BCUT2D eigenvalue weighted by Crippen LogP contribution is 2.15. The second-order valence-electron chi connectivity index (χ2n) is 4.54. The standard InChI is InChI=1S/C15H19N3O/c1-11-6-14(16)9-18-15(11)17-8-12-4-3-5-13(7-12)10-19-2/h3-7,9H,8,10,16H2,1-2H3,(H,17,18). The van der Waals surface area contributed by atoms with Gasteiger partial charge in [-0.1, -0.05) is 24.3 Å². The molecule has 0 amide bonds. The Morgan fingerprint density at radius 1 is 1.26 bits per heavy atom. The second kappa shape index (κ2) is 6.20. The smallest absolute Gasteiger partial charge is 0.129 e. The summed E-state index contributed by atoms with van der Waals surface area (Å²) in [5.41, 5.74) is 9.79. The van der Waals surface area contributed by atoms with Gasteiger partial charge in [0.15, 0.2) is 0 Å². The molecule has 3 N–H and O–H groups in total. The van der Waals surface area contributed by atoms with Crippen molar-refractivity contribution in [3.8, 4) is 0 Å². The summed E-state index contributed by atoms with van der Waals surface area (Å²) in [5, 5.41) is 3.32. The summed E-state index contributed by atoms with van der Waals surface area (Å²) in [5.74, 6) is 0.867. The van der Waals surface area contributed by atoms with Crippen LogP contribution in [0.3, 0.4) is 0 Å². The number of aryl methyl sites for hydroxylation is 1. The van der Waals surface area contributed by atoms with Crippen molar-refractivity contribution in [3.05, 3.63) is 53.2 Å². The summed E-state index contributed by atoms with van der Waals surface area (Å²) in [6, 6.07) is 10.2. The topological polar surface area (TPSA) is 60.2 Å². The maximum Gasteiger partial charge on any atom is 0.129 e. The maximum absolute atomic E-state index is 5.68. The van der Waals surface area contributed by atoms with Gasteiger partial charge < -0.3 is 15.8 Å². The molecule has 2 rings (SSSR count). The van der Waals surface area contributed by atoms with Crippen LogP contribution in [0.5, 0.6) is 0 Å². The SMILES string of the molecule is COCc1cccc(CNc2ncc(N)cc2C)c1. The quantitative estimate of drug-likeness (QED) is 0.864. The molecule has 0 saturated heterocycles. The first-order valence-corrected chi connectivity index (χ1v) is 6.22. The Bertz CT molecular complexity index is 555. The predicted molar refractivity (Wildman–Crippen MR) is 77.9 cm³/mol. The molecule has 0 radical (unpaired) electrons. The van der Waals surface area contributed by atoms with E-state index in [-0.39, 0.29) is 0 Å². The first-order chi connectivity index (χ1) is 9.19. The van der Waals surface area contributed by atoms with E-state index in [0.717, 1.165) is 17.9 Å². The second-order valence-corrected chi connectivity index (χ2v) is 4.54. The Morgan fingerprint density at radius 3 is 2.79 bits per heavy atom. The van der Waals surface area contributed by atoms with Gasteiger partial charge in [-0.25, -0.2) is 4.98 Å². The van der Waals surface area contributed by atoms with Crippen molar-refractivity contribution in [1.29, 1.82) is 0 Å². The number of nitrogens with two attached hydrogens (primary N) is 1. The number of methoxy groups -OCH3 is 1. The van der Waals surface area contributed by atoms with Crippen LogP contribution >= 0.6 is 0 Å². The summed E-state index contributed by atoms with van der Waals surface area (Å²) in [4.78, 5) is 4.29. The van der Waals surface area contributed by atoms with Crippen LogP contribution in [-0.4, -0.2) is 12.1 Å². The molecule has 0 fully saturated rings. The Hall–Kier alpha value is -2.07. The van der Waals surface area contributed by atoms with E-state index < -0.39 is 0 Å². The van der Waals surface area contributed by atoms with Crippen LogP contribution in [0.2, 0.25) is 0 Å². The normalized spacial score (nSPS) is 10.4. The van der Waals surface area contributed by atoms with Gasteiger partial charge in [0.2, 0.25) is 0 Å². The van der Waals surface area contributed by atoms with Crippen LogP contribution in [0, 0.1) is 6.92 Å². The largest absolute Gasteiger partial charge is 0.397 e. The van der Waals surface area contributed by atoms with Crippen molar-refractivity contribution in [3.63, 3.8) is 0 Å². The summed E-state index contributed by atoms with van der Waals surface area (Å²) >= 11 is 0. The molecule has 0 aliphatic carbocycles. The Morgan fingerprint density at radius 2 is 2.05 bits per heavy atom. The molecule has 0 aliphatic heterocycles. The van der Waals surface area contributed by atoms with Gasteiger partial charge in [0.05, 0.1) is 18.5 Å². The summed E-state index contributed by atoms with van der Waals surface area (Å²) in [7, 11) is 1.70. The Kier molecular flexibility index (Phi) is 4.36. The number of aromatic nitrogens is 1. The van der Waals surface area contributed by atoms with E-state index in [0.29, 0.717) is 12.3 Å². The molecule has 1 aromatic carbocycles. The molecule has 0 spiro atoms. The molecule has 19 heavy (non-hydrogen) atoms. The molecule has 0 bridgehead atoms. The van der Waals surface area contributed by atoms with E-state index in [1.807, 2.05) is 19.1 Å². The minimum Gasteiger partial charge on any atom is -0.397 e. The summed E-state index contributed by atoms with van der Waals surface area (Å²) < 4.78 is 5.13. The number of benzene rings is 1. The van der Waals surface area contributed by atoms with E-state index >= 15 is 0 Å². The minimum absolute atomic E-state index is 0.632. The van der Waals surface area contributed by atoms with Gasteiger partial charge in [0.1, 0.15) is 5.82 Å². The fourth-order valence-corrected chi connectivity index (χ4v) is 1.96. The third kappa shape index (κ3) is 3.69. The monoisotopic (exact) mass is 257 g/mol. The Balaban J connectivity index is 2.03. The van der Waals surface area contributed by atoms with Gasteiger partial charge in [-0.3, -0.25) is 0 Å². The van der Waals surface area contributed by atoms with Crippen molar-refractivity contribution < 1.29 is 4.74 Å². The average molecular weight is 257 g/mol. The van der Waals surface area contributed by atoms with Gasteiger partial charge in [-0.05, 0) is 29.7 Å². The number of nitrogen functional groups attached to an aromatic ring is 1. The zero-order valence-corrected chi connectivity index (χ0v) is 11.3. The highest BCUT2D eigenvalue weighted by atomic mass is 16.5. The van der Waals surface area contributed by atoms with Crippen LogP contribution in [0.25, 0.3) is 0 Å². The number of nitrogens with zero attached hydrogens (tertiary/aromatic N) is 1. The van der Waals surface area contributed by atoms with Crippen molar-refractivity contribution in [2.24, 2.45) is 0 Å². The van der Waals surface area contributed by atoms with E-state index in [4.69, 9.17) is 10.5 Å². The van der Waals surface area contributed by atoms with Crippen molar-refractivity contribution in [2.45, 2.75) is 20.1 Å². The average Bonchev–Trinajstić information content (AvgIpc) is 2.38. The first kappa shape index (κ1) is 13.4. The zero-order chi connectivity index (χ0) is 13.7. The molecular formula is C15H19N3O. The number of ether oxygens (including phenoxy) is 1. The number of anilines is 2. The van der Waals surface area contributed by atoms with Gasteiger partial charge in [-0.15, -0.1) is 0 Å². The van der Waals surface area contributed by atoms with E-state index in [1.54, 1.807) is 13.3 Å². The molecule has 100 valence electrons. The molecule has 0 unspecified atom stereocenters. The van der Waals surface area contributed by atoms with Crippen LogP contribution in [0.1, 0.15) is 16.7 Å². The Labute approximate surface area is 113 Å². The third-order valence-corrected chi connectivity index (χ3v) is 2.86. The number of hydrogen-bond acceptors (Lipinski definition) is 4. The van der Waals surface area contributed by atoms with Crippen molar-refractivity contribution in [1.82, 2.24) is 4.98 Å². The zero-order valence-electron chi connectivity index (χ0n) is 11.3. The van der Waals surface area contributed by atoms with Gasteiger partial charge >= 0.3 is 0 Å². The van der Waals surface area contributed by atoms with Crippen LogP contribution in [-0.2, 0) is 17.9 Å². The van der Waals surface area contributed by atoms with E-state index in [1.165, 1.54) is 11.1 Å². The number of rotatable bonds is 5. The maximum atomic E-state index is 5.68. The van der Waals surface area contributed by atoms with Gasteiger partial charge in [0, 0.05) is 13.7 Å².